The summed E-state index contributed by atoms with van der Waals surface area (Å²) in [6, 6.07) is 7.82. The van der Waals surface area contributed by atoms with E-state index >= 15 is 0 Å². The van der Waals surface area contributed by atoms with Crippen LogP contribution in [0, 0.1) is 0 Å². The van der Waals surface area contributed by atoms with Crippen LogP contribution in [0.5, 0.6) is 5.75 Å². The van der Waals surface area contributed by atoms with Gasteiger partial charge in [0.1, 0.15) is 5.75 Å². The molecular weight excluding hydrogens is 230 g/mol. The third kappa shape index (κ3) is 2.60. The van der Waals surface area contributed by atoms with E-state index in [2.05, 4.69) is 31.4 Å². The second-order valence-corrected chi connectivity index (χ2v) is 6.05. The van der Waals surface area contributed by atoms with Crippen LogP contribution in [0.4, 0.5) is 0 Å². The van der Waals surface area contributed by atoms with Crippen molar-refractivity contribution in [2.24, 2.45) is 0 Å². The average molecular weight is 249 g/mol. The fraction of sp³-hybridized carbons (Fsp3) is 0.429. The van der Waals surface area contributed by atoms with Crippen LogP contribution in [-0.4, -0.2) is 14.9 Å². The highest BCUT2D eigenvalue weighted by molar-refractivity contribution is 7.99. The topological polar surface area (TPSA) is 25.2 Å². The van der Waals surface area contributed by atoms with Crippen LogP contribution >= 0.6 is 11.8 Å². The second-order valence-electron chi connectivity index (χ2n) is 4.48. The zero-order valence-corrected chi connectivity index (χ0v) is 11.4. The van der Waals surface area contributed by atoms with E-state index in [1.165, 1.54) is 11.1 Å². The highest BCUT2D eigenvalue weighted by Crippen LogP contribution is 2.27. The molecule has 1 aromatic carbocycles. The maximum atomic E-state index is 9.56. The van der Waals surface area contributed by atoms with E-state index in [0.29, 0.717) is 11.0 Å². The summed E-state index contributed by atoms with van der Waals surface area (Å²) in [5, 5.41) is 11.4. The van der Waals surface area contributed by atoms with Gasteiger partial charge in [-0.15, -0.1) is 0 Å². The zero-order valence-electron chi connectivity index (χ0n) is 10.6. The Balaban J connectivity index is 2.41. The lowest BCUT2D eigenvalue weighted by Crippen LogP contribution is -2.00. The Bertz CT molecular complexity index is 516. The molecule has 0 unspecified atom stereocenters. The lowest BCUT2D eigenvalue weighted by Gasteiger charge is -2.09. The quantitative estimate of drug-likeness (QED) is 0.885. The first-order valence-electron chi connectivity index (χ1n) is 6.04. The number of aromatic nitrogens is 1. The summed E-state index contributed by atoms with van der Waals surface area (Å²) in [6.45, 7) is 7.53. The minimum atomic E-state index is 0.341. The van der Waals surface area contributed by atoms with Gasteiger partial charge in [0.25, 0.3) is 0 Å². The lowest BCUT2D eigenvalue weighted by atomic mass is 10.2. The lowest BCUT2D eigenvalue weighted by molar-refractivity contribution is 0.476. The molecule has 0 atom stereocenters. The predicted molar refractivity (Wildman–Crippen MR) is 75.7 cm³/mol. The molecule has 2 rings (SSSR count). The van der Waals surface area contributed by atoms with E-state index in [1.807, 2.05) is 23.9 Å². The number of aromatic hydroxyl groups is 1. The minimum Gasteiger partial charge on any atom is -0.508 e. The van der Waals surface area contributed by atoms with Gasteiger partial charge in [-0.1, -0.05) is 13.8 Å². The van der Waals surface area contributed by atoms with Crippen molar-refractivity contribution in [2.75, 3.05) is 0 Å². The Morgan fingerprint density at radius 3 is 2.71 bits per heavy atom. The summed E-state index contributed by atoms with van der Waals surface area (Å²) in [7, 11) is 0. The molecule has 0 amide bonds. The van der Waals surface area contributed by atoms with Crippen molar-refractivity contribution >= 4 is 22.7 Å². The first kappa shape index (κ1) is 12.4. The van der Waals surface area contributed by atoms with E-state index in [0.717, 1.165) is 17.8 Å². The molecule has 17 heavy (non-hydrogen) atoms. The summed E-state index contributed by atoms with van der Waals surface area (Å²) < 4.78 is 2.28. The third-order valence-corrected chi connectivity index (χ3v) is 3.98. The van der Waals surface area contributed by atoms with Gasteiger partial charge in [0.05, 0.1) is 5.52 Å². The third-order valence-electron chi connectivity index (χ3n) is 2.85. The van der Waals surface area contributed by atoms with Crippen LogP contribution in [0.25, 0.3) is 10.9 Å². The molecule has 0 aliphatic heterocycles. The van der Waals surface area contributed by atoms with Gasteiger partial charge in [0.15, 0.2) is 0 Å². The average Bonchev–Trinajstić information content (AvgIpc) is 2.63. The summed E-state index contributed by atoms with van der Waals surface area (Å²) >= 11 is 1.95. The molecule has 0 bridgehead atoms. The molecule has 1 heterocycles. The first-order chi connectivity index (χ1) is 8.11. The standard InChI is InChI=1S/C14H19NOS/c1-4-15-12(9-17-10(2)3)7-11-5-6-13(16)8-14(11)15/h5-8,10,16H,4,9H2,1-3H3. The largest absolute Gasteiger partial charge is 0.508 e. The monoisotopic (exact) mass is 249 g/mol. The van der Waals surface area contributed by atoms with Gasteiger partial charge < -0.3 is 9.67 Å². The van der Waals surface area contributed by atoms with Crippen molar-refractivity contribution in [2.45, 2.75) is 38.3 Å². The molecule has 1 N–H and O–H groups in total. The van der Waals surface area contributed by atoms with Gasteiger partial charge in [0, 0.05) is 29.4 Å². The van der Waals surface area contributed by atoms with Gasteiger partial charge in [-0.3, -0.25) is 0 Å². The number of rotatable bonds is 4. The molecule has 0 aliphatic carbocycles. The second kappa shape index (κ2) is 5.05. The molecule has 0 radical (unpaired) electrons. The minimum absolute atomic E-state index is 0.341. The molecule has 0 fully saturated rings. The van der Waals surface area contributed by atoms with Crippen molar-refractivity contribution in [1.82, 2.24) is 4.57 Å². The van der Waals surface area contributed by atoms with Crippen molar-refractivity contribution in [3.63, 3.8) is 0 Å². The van der Waals surface area contributed by atoms with Crippen LogP contribution in [0.1, 0.15) is 26.5 Å². The fourth-order valence-corrected chi connectivity index (χ4v) is 2.79. The summed E-state index contributed by atoms with van der Waals surface area (Å²) in [6.07, 6.45) is 0. The maximum Gasteiger partial charge on any atom is 0.117 e. The Labute approximate surface area is 107 Å². The Hall–Kier alpha value is -1.09. The van der Waals surface area contributed by atoms with Crippen molar-refractivity contribution in [3.05, 3.63) is 30.0 Å². The van der Waals surface area contributed by atoms with E-state index < -0.39 is 0 Å². The van der Waals surface area contributed by atoms with Gasteiger partial charge >= 0.3 is 0 Å². The van der Waals surface area contributed by atoms with E-state index in [-0.39, 0.29) is 0 Å². The van der Waals surface area contributed by atoms with Gasteiger partial charge in [-0.05, 0) is 30.4 Å². The predicted octanol–water partition coefficient (Wildman–Crippen LogP) is 4.01. The zero-order chi connectivity index (χ0) is 12.4. The van der Waals surface area contributed by atoms with Crippen LogP contribution in [-0.2, 0) is 12.3 Å². The first-order valence-corrected chi connectivity index (χ1v) is 7.09. The van der Waals surface area contributed by atoms with Crippen LogP contribution in [0.2, 0.25) is 0 Å². The van der Waals surface area contributed by atoms with E-state index in [4.69, 9.17) is 0 Å². The van der Waals surface area contributed by atoms with E-state index in [1.54, 1.807) is 6.07 Å². The van der Waals surface area contributed by atoms with Crippen molar-refractivity contribution in [3.8, 4) is 5.75 Å². The van der Waals surface area contributed by atoms with Crippen molar-refractivity contribution in [1.29, 1.82) is 0 Å². The maximum absolute atomic E-state index is 9.56. The number of thioether (sulfide) groups is 1. The molecule has 0 aliphatic rings. The molecule has 1 aromatic heterocycles. The molecule has 0 saturated heterocycles. The van der Waals surface area contributed by atoms with Gasteiger partial charge in [-0.2, -0.15) is 11.8 Å². The van der Waals surface area contributed by atoms with Crippen LogP contribution in [0.3, 0.4) is 0 Å². The van der Waals surface area contributed by atoms with Crippen molar-refractivity contribution < 1.29 is 5.11 Å². The van der Waals surface area contributed by atoms with Crippen LogP contribution in [0.15, 0.2) is 24.3 Å². The molecule has 2 aromatic rings. The fourth-order valence-electron chi connectivity index (χ4n) is 2.05. The number of nitrogens with zero attached hydrogens (tertiary/aromatic N) is 1. The molecule has 92 valence electrons. The molecule has 2 nitrogen and oxygen atoms in total. The number of hydrogen-bond donors (Lipinski definition) is 1. The summed E-state index contributed by atoms with van der Waals surface area (Å²) in [4.78, 5) is 0. The Morgan fingerprint density at radius 1 is 1.29 bits per heavy atom. The molecule has 3 heteroatoms. The van der Waals surface area contributed by atoms with Gasteiger partial charge in [0.2, 0.25) is 0 Å². The molecule has 0 spiro atoms. The van der Waals surface area contributed by atoms with Gasteiger partial charge in [-0.25, -0.2) is 0 Å². The number of fused-ring (bicyclic) bond motifs is 1. The highest BCUT2D eigenvalue weighted by Gasteiger charge is 2.08. The van der Waals surface area contributed by atoms with Crippen LogP contribution < -0.4 is 0 Å². The summed E-state index contributed by atoms with van der Waals surface area (Å²) in [5.41, 5.74) is 2.47. The summed E-state index contributed by atoms with van der Waals surface area (Å²) in [5.74, 6) is 1.37. The normalized spacial score (nSPS) is 11.5. The SMILES string of the molecule is CCn1c(CSC(C)C)cc2ccc(O)cc21. The molecule has 0 saturated carbocycles. The van der Waals surface area contributed by atoms with E-state index in [9.17, 15) is 5.11 Å². The Morgan fingerprint density at radius 2 is 2.06 bits per heavy atom. The molecular formula is C14H19NOS. The smallest absolute Gasteiger partial charge is 0.117 e. The Kier molecular flexibility index (Phi) is 3.67. The number of phenolic OH excluding ortho intramolecular Hbond substituents is 1. The highest BCUT2D eigenvalue weighted by atomic mass is 32.2. The number of hydrogen-bond acceptors (Lipinski definition) is 2. The number of phenols is 1. The number of benzene rings is 1. The number of aryl methyl sites for hydroxylation is 1.